The lowest BCUT2D eigenvalue weighted by Gasteiger charge is -2.29. The lowest BCUT2D eigenvalue weighted by molar-refractivity contribution is -0.170. The molecule has 3 aromatic rings. The lowest BCUT2D eigenvalue weighted by Crippen LogP contribution is -2.43. The van der Waals surface area contributed by atoms with Crippen LogP contribution in [0.25, 0.3) is 10.8 Å². The summed E-state index contributed by atoms with van der Waals surface area (Å²) in [5, 5.41) is 14.9. The Kier molecular flexibility index (Phi) is 7.82. The third kappa shape index (κ3) is 6.68. The number of amides is 1. The van der Waals surface area contributed by atoms with Crippen molar-refractivity contribution in [2.75, 3.05) is 13.7 Å². The summed E-state index contributed by atoms with van der Waals surface area (Å²) in [7, 11) is 1.58. The Bertz CT molecular complexity index is 1240. The summed E-state index contributed by atoms with van der Waals surface area (Å²) in [6.07, 6.45) is 0. The average molecular weight is 494 g/mol. The van der Waals surface area contributed by atoms with Gasteiger partial charge in [0.05, 0.1) is 12.7 Å². The number of carbonyl (C=O) groups excluding carboxylic acids is 2. The van der Waals surface area contributed by atoms with E-state index in [2.05, 4.69) is 5.32 Å². The molecule has 0 spiro atoms. The summed E-state index contributed by atoms with van der Waals surface area (Å²) < 4.78 is 16.6. The van der Waals surface area contributed by atoms with Crippen LogP contribution < -0.4 is 14.8 Å². The van der Waals surface area contributed by atoms with Crippen LogP contribution in [-0.4, -0.2) is 41.8 Å². The normalized spacial score (nSPS) is 12.6. The fourth-order valence-corrected chi connectivity index (χ4v) is 3.63. The predicted molar refractivity (Wildman–Crippen MR) is 140 cm³/mol. The van der Waals surface area contributed by atoms with Crippen molar-refractivity contribution in [3.05, 3.63) is 65.7 Å². The number of phenols is 1. The van der Waals surface area contributed by atoms with Gasteiger partial charge in [-0.25, -0.2) is 4.79 Å². The zero-order valence-corrected chi connectivity index (χ0v) is 22.0. The number of esters is 1. The number of benzene rings is 3. The Morgan fingerprint density at radius 1 is 0.917 bits per heavy atom. The molecule has 7 nitrogen and oxygen atoms in total. The van der Waals surface area contributed by atoms with E-state index in [9.17, 15) is 14.7 Å². The van der Waals surface area contributed by atoms with E-state index < -0.39 is 17.2 Å². The van der Waals surface area contributed by atoms with Gasteiger partial charge in [-0.05, 0) is 93.3 Å². The maximum absolute atomic E-state index is 12.8. The summed E-state index contributed by atoms with van der Waals surface area (Å²) >= 11 is 0. The summed E-state index contributed by atoms with van der Waals surface area (Å²) in [5.41, 5.74) is -0.542. The van der Waals surface area contributed by atoms with E-state index >= 15 is 0 Å². The molecule has 0 radical (unpaired) electrons. The highest BCUT2D eigenvalue weighted by molar-refractivity contribution is 6.01. The Balaban J connectivity index is 1.63. The van der Waals surface area contributed by atoms with Crippen LogP contribution in [0.1, 0.15) is 63.4 Å². The van der Waals surface area contributed by atoms with E-state index in [-0.39, 0.29) is 23.1 Å². The molecule has 36 heavy (non-hydrogen) atoms. The molecule has 0 heterocycles. The Morgan fingerprint density at radius 2 is 1.56 bits per heavy atom. The first kappa shape index (κ1) is 26.9. The molecular weight excluding hydrogens is 458 g/mol. The van der Waals surface area contributed by atoms with Gasteiger partial charge in [0.25, 0.3) is 5.91 Å². The molecule has 0 bridgehead atoms. The third-order valence-electron chi connectivity index (χ3n) is 5.69. The fourth-order valence-electron chi connectivity index (χ4n) is 3.63. The van der Waals surface area contributed by atoms with Crippen molar-refractivity contribution in [1.29, 1.82) is 0 Å². The summed E-state index contributed by atoms with van der Waals surface area (Å²) in [6.45, 7) is 11.2. The number of hydrogen-bond acceptors (Lipinski definition) is 6. The van der Waals surface area contributed by atoms with Crippen LogP contribution in [0.2, 0.25) is 0 Å². The topological polar surface area (TPSA) is 94.1 Å². The third-order valence-corrected chi connectivity index (χ3v) is 5.69. The standard InChI is InChI=1S/C29H35NO6/c1-18(19-8-11-22(12-9-19)35-29(5,6)27(33)36-28(2,3)4)17-30-26(32)24-15-21-14-23(34-7)13-10-20(21)16-25(24)31/h8-16,18,31H,17H2,1-7H3,(H,30,32). The number of rotatable bonds is 8. The van der Waals surface area contributed by atoms with Gasteiger partial charge in [-0.1, -0.05) is 25.1 Å². The predicted octanol–water partition coefficient (Wildman–Crippen LogP) is 5.59. The van der Waals surface area contributed by atoms with Crippen molar-refractivity contribution < 1.29 is 28.9 Å². The first-order valence-corrected chi connectivity index (χ1v) is 11.9. The van der Waals surface area contributed by atoms with Gasteiger partial charge in [0.2, 0.25) is 0 Å². The van der Waals surface area contributed by atoms with Crippen molar-refractivity contribution in [3.8, 4) is 17.2 Å². The first-order valence-electron chi connectivity index (χ1n) is 11.9. The SMILES string of the molecule is COc1ccc2cc(O)c(C(=O)NCC(C)c3ccc(OC(C)(C)C(=O)OC(C)(C)C)cc3)cc2c1. The largest absolute Gasteiger partial charge is 0.507 e. The molecule has 0 aliphatic heterocycles. The number of methoxy groups -OCH3 is 1. The number of phenolic OH excluding ortho intramolecular Hbond substituents is 1. The maximum Gasteiger partial charge on any atom is 0.350 e. The second-order valence-electron chi connectivity index (χ2n) is 10.4. The number of aromatic hydroxyl groups is 1. The molecule has 3 rings (SSSR count). The number of nitrogens with one attached hydrogen (secondary N) is 1. The number of fused-ring (bicyclic) bond motifs is 1. The van der Waals surface area contributed by atoms with Crippen LogP contribution >= 0.6 is 0 Å². The van der Waals surface area contributed by atoms with Gasteiger partial charge in [-0.15, -0.1) is 0 Å². The van der Waals surface area contributed by atoms with Crippen molar-refractivity contribution in [3.63, 3.8) is 0 Å². The second-order valence-corrected chi connectivity index (χ2v) is 10.4. The van der Waals surface area contributed by atoms with Crippen molar-refractivity contribution >= 4 is 22.6 Å². The van der Waals surface area contributed by atoms with E-state index in [0.717, 1.165) is 16.3 Å². The molecular formula is C29H35NO6. The van der Waals surface area contributed by atoms with E-state index in [1.54, 1.807) is 51.3 Å². The highest BCUT2D eigenvalue weighted by Gasteiger charge is 2.34. The minimum atomic E-state index is -1.14. The number of carbonyl (C=O) groups is 2. The second kappa shape index (κ2) is 10.5. The molecule has 0 aliphatic rings. The molecule has 0 aliphatic carbocycles. The van der Waals surface area contributed by atoms with E-state index in [1.165, 1.54) is 0 Å². The first-order chi connectivity index (χ1) is 16.8. The van der Waals surface area contributed by atoms with Crippen LogP contribution in [0.15, 0.2) is 54.6 Å². The summed E-state index contributed by atoms with van der Waals surface area (Å²) in [5.74, 6) is 0.350. The quantitative estimate of drug-likeness (QED) is 0.398. The van der Waals surface area contributed by atoms with Crippen molar-refractivity contribution in [2.45, 2.75) is 58.7 Å². The molecule has 1 unspecified atom stereocenters. The van der Waals surface area contributed by atoms with Crippen molar-refractivity contribution in [2.24, 2.45) is 0 Å². The van der Waals surface area contributed by atoms with Gasteiger partial charge < -0.3 is 24.6 Å². The van der Waals surface area contributed by atoms with Gasteiger partial charge in [-0.2, -0.15) is 0 Å². The van der Waals surface area contributed by atoms with Crippen LogP contribution in [0.5, 0.6) is 17.2 Å². The molecule has 0 fully saturated rings. The summed E-state index contributed by atoms with van der Waals surface area (Å²) in [6, 6.07) is 16.1. The number of hydrogen-bond donors (Lipinski definition) is 2. The fraction of sp³-hybridized carbons (Fsp3) is 0.379. The molecule has 3 aromatic carbocycles. The van der Waals surface area contributed by atoms with Gasteiger partial charge in [-0.3, -0.25) is 4.79 Å². The Morgan fingerprint density at radius 3 is 2.17 bits per heavy atom. The molecule has 192 valence electrons. The molecule has 0 aromatic heterocycles. The molecule has 7 heteroatoms. The zero-order chi connectivity index (χ0) is 26.7. The van der Waals surface area contributed by atoms with Crippen LogP contribution in [-0.2, 0) is 9.53 Å². The van der Waals surface area contributed by atoms with Crippen LogP contribution in [0.3, 0.4) is 0 Å². The van der Waals surface area contributed by atoms with E-state index in [4.69, 9.17) is 14.2 Å². The summed E-state index contributed by atoms with van der Waals surface area (Å²) in [4.78, 5) is 25.2. The maximum atomic E-state index is 12.8. The van der Waals surface area contributed by atoms with E-state index in [1.807, 2.05) is 52.0 Å². The smallest absolute Gasteiger partial charge is 0.350 e. The Labute approximate surface area is 212 Å². The van der Waals surface area contributed by atoms with Gasteiger partial charge in [0.1, 0.15) is 22.8 Å². The monoisotopic (exact) mass is 493 g/mol. The highest BCUT2D eigenvalue weighted by Crippen LogP contribution is 2.28. The van der Waals surface area contributed by atoms with Gasteiger partial charge in [0, 0.05) is 6.54 Å². The van der Waals surface area contributed by atoms with Crippen LogP contribution in [0.4, 0.5) is 0 Å². The molecule has 0 saturated heterocycles. The molecule has 1 atom stereocenters. The van der Waals surface area contributed by atoms with Gasteiger partial charge >= 0.3 is 5.97 Å². The highest BCUT2D eigenvalue weighted by atomic mass is 16.6. The molecule has 1 amide bonds. The Hall–Kier alpha value is -3.74. The van der Waals surface area contributed by atoms with Crippen molar-refractivity contribution in [1.82, 2.24) is 5.32 Å². The molecule has 2 N–H and O–H groups in total. The average Bonchev–Trinajstić information content (AvgIpc) is 2.80. The van der Waals surface area contributed by atoms with Crippen LogP contribution in [0, 0.1) is 0 Å². The minimum Gasteiger partial charge on any atom is -0.507 e. The number of ether oxygens (including phenoxy) is 3. The lowest BCUT2D eigenvalue weighted by atomic mass is 10.0. The molecule has 0 saturated carbocycles. The minimum absolute atomic E-state index is 0.00422. The van der Waals surface area contributed by atoms with E-state index in [0.29, 0.717) is 18.0 Å². The van der Waals surface area contributed by atoms with Gasteiger partial charge in [0.15, 0.2) is 5.60 Å². The zero-order valence-electron chi connectivity index (χ0n) is 22.0.